The number of nitrogens with zero attached hydrogens (tertiary/aromatic N) is 3. The van der Waals surface area contributed by atoms with E-state index in [1.165, 1.54) is 4.90 Å². The Hall–Kier alpha value is -3.26. The number of aliphatic hydroxyl groups excluding tert-OH is 1. The molecule has 2 aliphatic heterocycles. The molecule has 34 heavy (non-hydrogen) atoms. The highest BCUT2D eigenvalue weighted by atomic mass is 16.5. The van der Waals surface area contributed by atoms with Crippen molar-refractivity contribution < 1.29 is 24.2 Å². The number of aliphatic hydroxyl groups is 1. The zero-order chi connectivity index (χ0) is 24.0. The molecule has 0 aliphatic carbocycles. The Morgan fingerprint density at radius 3 is 2.74 bits per heavy atom. The molecular weight excluding hydrogens is 434 g/mol. The van der Waals surface area contributed by atoms with Crippen LogP contribution < -0.4 is 4.74 Å². The van der Waals surface area contributed by atoms with Crippen LogP contribution in [0.3, 0.4) is 0 Å². The van der Waals surface area contributed by atoms with Crippen LogP contribution in [0.4, 0.5) is 0 Å². The average Bonchev–Trinajstić information content (AvgIpc) is 3.12. The SMILES string of the molecule is O=C(C[C@@]1(c2ccccc2)CC(=O)N(CCCOc2cccnc2)C1=O)N1CCC[C@@H](CO)C1. The van der Waals surface area contributed by atoms with Crippen LogP contribution in [0, 0.1) is 5.92 Å². The van der Waals surface area contributed by atoms with Crippen molar-refractivity contribution in [3.8, 4) is 5.75 Å². The number of aromatic nitrogens is 1. The van der Waals surface area contributed by atoms with Crippen LogP contribution in [0.15, 0.2) is 54.9 Å². The molecule has 2 aliphatic rings. The largest absolute Gasteiger partial charge is 0.492 e. The van der Waals surface area contributed by atoms with Crippen LogP contribution in [0.1, 0.15) is 37.7 Å². The lowest BCUT2D eigenvalue weighted by Crippen LogP contribution is -2.46. The minimum Gasteiger partial charge on any atom is -0.492 e. The molecule has 8 heteroatoms. The van der Waals surface area contributed by atoms with Gasteiger partial charge in [0.1, 0.15) is 5.75 Å². The van der Waals surface area contributed by atoms with Crippen molar-refractivity contribution in [3.05, 3.63) is 60.4 Å². The first-order valence-corrected chi connectivity index (χ1v) is 11.9. The quantitative estimate of drug-likeness (QED) is 0.450. The number of amides is 3. The molecule has 0 saturated carbocycles. The van der Waals surface area contributed by atoms with E-state index in [1.54, 1.807) is 29.4 Å². The maximum Gasteiger partial charge on any atom is 0.240 e. The second-order valence-corrected chi connectivity index (χ2v) is 9.07. The minimum absolute atomic E-state index is 0.0255. The van der Waals surface area contributed by atoms with Gasteiger partial charge in [0.15, 0.2) is 0 Å². The molecule has 0 unspecified atom stereocenters. The molecular formula is C26H31N3O5. The monoisotopic (exact) mass is 465 g/mol. The number of pyridine rings is 1. The predicted molar refractivity (Wildman–Crippen MR) is 125 cm³/mol. The van der Waals surface area contributed by atoms with Gasteiger partial charge in [-0.15, -0.1) is 0 Å². The van der Waals surface area contributed by atoms with Gasteiger partial charge < -0.3 is 14.7 Å². The molecule has 0 bridgehead atoms. The predicted octanol–water partition coefficient (Wildman–Crippen LogP) is 2.17. The molecule has 8 nitrogen and oxygen atoms in total. The first-order valence-electron chi connectivity index (χ1n) is 11.9. The van der Waals surface area contributed by atoms with Crippen LogP contribution in [-0.4, -0.2) is 70.5 Å². The fraction of sp³-hybridized carbons (Fsp3) is 0.462. The zero-order valence-electron chi connectivity index (χ0n) is 19.3. The second-order valence-electron chi connectivity index (χ2n) is 9.07. The molecule has 180 valence electrons. The molecule has 2 fully saturated rings. The van der Waals surface area contributed by atoms with Gasteiger partial charge in [-0.2, -0.15) is 0 Å². The first kappa shape index (κ1) is 23.9. The number of ether oxygens (including phenoxy) is 1. The maximum absolute atomic E-state index is 13.7. The van der Waals surface area contributed by atoms with Gasteiger partial charge >= 0.3 is 0 Å². The topological polar surface area (TPSA) is 100 Å². The van der Waals surface area contributed by atoms with Crippen molar-refractivity contribution in [1.82, 2.24) is 14.8 Å². The maximum atomic E-state index is 13.7. The Bertz CT molecular complexity index is 1000. The van der Waals surface area contributed by atoms with Gasteiger partial charge in [0, 0.05) is 45.3 Å². The third-order valence-electron chi connectivity index (χ3n) is 6.75. The summed E-state index contributed by atoms with van der Waals surface area (Å²) in [6, 6.07) is 12.7. The Kier molecular flexibility index (Phi) is 7.57. The average molecular weight is 466 g/mol. The third kappa shape index (κ3) is 5.12. The Morgan fingerprint density at radius 2 is 2.00 bits per heavy atom. The standard InChI is InChI=1S/C26H31N3O5/c30-19-20-7-5-12-28(18-20)23(31)15-26(21-8-2-1-3-9-21)16-24(32)29(25(26)33)13-6-14-34-22-10-4-11-27-17-22/h1-4,8-11,17,20,30H,5-7,12-16,18-19H2/t20-,26+/m1/s1. The summed E-state index contributed by atoms with van der Waals surface area (Å²) < 4.78 is 5.64. The van der Waals surface area contributed by atoms with Crippen LogP contribution in [-0.2, 0) is 19.8 Å². The van der Waals surface area contributed by atoms with E-state index >= 15 is 0 Å². The number of hydrogen-bond acceptors (Lipinski definition) is 6. The van der Waals surface area contributed by atoms with E-state index in [1.807, 2.05) is 30.3 Å². The lowest BCUT2D eigenvalue weighted by molar-refractivity contribution is -0.143. The normalized spacial score (nSPS) is 22.8. The summed E-state index contributed by atoms with van der Waals surface area (Å²) in [5.41, 5.74) is -0.516. The molecule has 1 N–H and O–H groups in total. The highest BCUT2D eigenvalue weighted by Crippen LogP contribution is 2.40. The van der Waals surface area contributed by atoms with Gasteiger partial charge in [-0.05, 0) is 42.9 Å². The second kappa shape index (κ2) is 10.8. The number of carbonyl (C=O) groups is 3. The molecule has 2 atom stereocenters. The number of imide groups is 1. The van der Waals surface area contributed by atoms with E-state index in [2.05, 4.69) is 4.98 Å². The van der Waals surface area contributed by atoms with Crippen molar-refractivity contribution in [2.75, 3.05) is 32.8 Å². The minimum atomic E-state index is -1.20. The number of benzene rings is 1. The van der Waals surface area contributed by atoms with Gasteiger partial charge in [-0.3, -0.25) is 24.3 Å². The van der Waals surface area contributed by atoms with Crippen LogP contribution >= 0.6 is 0 Å². The molecule has 1 aromatic carbocycles. The molecule has 2 saturated heterocycles. The number of carbonyl (C=O) groups excluding carboxylic acids is 3. The van der Waals surface area contributed by atoms with E-state index in [0.717, 1.165) is 12.8 Å². The van der Waals surface area contributed by atoms with Crippen LogP contribution in [0.2, 0.25) is 0 Å². The number of hydrogen-bond donors (Lipinski definition) is 1. The smallest absolute Gasteiger partial charge is 0.240 e. The van der Waals surface area contributed by atoms with Gasteiger partial charge in [-0.1, -0.05) is 30.3 Å². The van der Waals surface area contributed by atoms with E-state index in [-0.39, 0.29) is 49.6 Å². The summed E-state index contributed by atoms with van der Waals surface area (Å²) in [7, 11) is 0. The summed E-state index contributed by atoms with van der Waals surface area (Å²) in [5.74, 6) is -0.0508. The molecule has 3 amide bonds. The summed E-state index contributed by atoms with van der Waals surface area (Å²) in [6.07, 6.45) is 5.38. The summed E-state index contributed by atoms with van der Waals surface area (Å²) in [6.45, 7) is 1.71. The van der Waals surface area contributed by atoms with Gasteiger partial charge in [0.05, 0.1) is 18.2 Å². The summed E-state index contributed by atoms with van der Waals surface area (Å²) in [5, 5.41) is 9.53. The number of piperidine rings is 1. The van der Waals surface area contributed by atoms with Gasteiger partial charge in [0.2, 0.25) is 17.7 Å². The molecule has 2 aromatic rings. The molecule has 3 heterocycles. The van der Waals surface area contributed by atoms with E-state index in [0.29, 0.717) is 37.4 Å². The van der Waals surface area contributed by atoms with Gasteiger partial charge in [0.25, 0.3) is 0 Å². The van der Waals surface area contributed by atoms with Crippen LogP contribution in [0.5, 0.6) is 5.75 Å². The van der Waals surface area contributed by atoms with Gasteiger partial charge in [-0.25, -0.2) is 0 Å². The lowest BCUT2D eigenvalue weighted by atomic mass is 9.75. The molecule has 0 spiro atoms. The highest BCUT2D eigenvalue weighted by molar-refractivity contribution is 6.10. The third-order valence-corrected chi connectivity index (χ3v) is 6.75. The van der Waals surface area contributed by atoms with E-state index in [4.69, 9.17) is 4.74 Å². The fourth-order valence-electron chi connectivity index (χ4n) is 4.91. The Labute approximate surface area is 199 Å². The van der Waals surface area contributed by atoms with Crippen LogP contribution in [0.25, 0.3) is 0 Å². The number of rotatable bonds is 9. The van der Waals surface area contributed by atoms with Crippen molar-refractivity contribution >= 4 is 17.7 Å². The summed E-state index contributed by atoms with van der Waals surface area (Å²) >= 11 is 0. The lowest BCUT2D eigenvalue weighted by Gasteiger charge is -2.35. The first-order chi connectivity index (χ1) is 16.5. The fourth-order valence-corrected chi connectivity index (χ4v) is 4.91. The van der Waals surface area contributed by atoms with E-state index in [9.17, 15) is 19.5 Å². The Morgan fingerprint density at radius 1 is 1.18 bits per heavy atom. The molecule has 0 radical (unpaired) electrons. The Balaban J connectivity index is 1.47. The van der Waals surface area contributed by atoms with Crippen molar-refractivity contribution in [1.29, 1.82) is 0 Å². The number of likely N-dealkylation sites (tertiary alicyclic amines) is 2. The highest BCUT2D eigenvalue weighted by Gasteiger charge is 2.54. The summed E-state index contributed by atoms with van der Waals surface area (Å²) in [4.78, 5) is 47.0. The van der Waals surface area contributed by atoms with Crippen molar-refractivity contribution in [2.45, 2.75) is 37.5 Å². The molecule has 4 rings (SSSR count). The van der Waals surface area contributed by atoms with E-state index < -0.39 is 5.41 Å². The molecule has 1 aromatic heterocycles. The van der Waals surface area contributed by atoms with Crippen molar-refractivity contribution in [2.24, 2.45) is 5.92 Å². The van der Waals surface area contributed by atoms with Crippen molar-refractivity contribution in [3.63, 3.8) is 0 Å². The zero-order valence-corrected chi connectivity index (χ0v) is 19.3.